The van der Waals surface area contributed by atoms with Crippen LogP contribution in [0.2, 0.25) is 0 Å². The van der Waals surface area contributed by atoms with Crippen LogP contribution in [0.3, 0.4) is 0 Å². The van der Waals surface area contributed by atoms with Crippen molar-refractivity contribution in [3.05, 3.63) is 17.0 Å². The predicted molar refractivity (Wildman–Crippen MR) is 64.9 cm³/mol. The van der Waals surface area contributed by atoms with E-state index in [2.05, 4.69) is 18.9 Å². The average Bonchev–Trinajstić information content (AvgIpc) is 2.91. The van der Waals surface area contributed by atoms with Gasteiger partial charge >= 0.3 is 5.97 Å². The number of aryl methyl sites for hydroxylation is 2. The van der Waals surface area contributed by atoms with Crippen molar-refractivity contribution < 1.29 is 9.90 Å². The van der Waals surface area contributed by atoms with Gasteiger partial charge in [-0.2, -0.15) is 5.10 Å². The maximum Gasteiger partial charge on any atom is 0.306 e. The van der Waals surface area contributed by atoms with E-state index in [9.17, 15) is 4.79 Å². The Morgan fingerprint density at radius 3 is 2.65 bits per heavy atom. The van der Waals surface area contributed by atoms with Crippen LogP contribution in [0, 0.1) is 25.7 Å². The van der Waals surface area contributed by atoms with Crippen LogP contribution in [0.5, 0.6) is 0 Å². The molecule has 4 heteroatoms. The molecule has 4 nitrogen and oxygen atoms in total. The van der Waals surface area contributed by atoms with E-state index in [0.29, 0.717) is 11.8 Å². The maximum atomic E-state index is 10.8. The lowest BCUT2D eigenvalue weighted by molar-refractivity contribution is -0.138. The van der Waals surface area contributed by atoms with Crippen molar-refractivity contribution in [1.82, 2.24) is 9.78 Å². The summed E-state index contributed by atoms with van der Waals surface area (Å²) in [6.45, 7) is 6.28. The van der Waals surface area contributed by atoms with Crippen molar-refractivity contribution >= 4 is 5.97 Å². The van der Waals surface area contributed by atoms with E-state index in [1.54, 1.807) is 0 Å². The van der Waals surface area contributed by atoms with E-state index in [1.807, 2.05) is 18.7 Å². The molecule has 0 aliphatic heterocycles. The molecule has 2 rings (SSSR count). The number of aliphatic carboxylic acids is 1. The molecule has 3 unspecified atom stereocenters. The van der Waals surface area contributed by atoms with Gasteiger partial charge in [0.05, 0.1) is 11.6 Å². The van der Waals surface area contributed by atoms with Gasteiger partial charge in [0.15, 0.2) is 0 Å². The van der Waals surface area contributed by atoms with E-state index in [-0.39, 0.29) is 5.92 Å². The smallest absolute Gasteiger partial charge is 0.306 e. The molecule has 1 aromatic heterocycles. The van der Waals surface area contributed by atoms with Crippen LogP contribution in [0.15, 0.2) is 0 Å². The second kappa shape index (κ2) is 4.17. The van der Waals surface area contributed by atoms with Gasteiger partial charge in [-0.15, -0.1) is 0 Å². The molecular formula is C13H20N2O2. The first kappa shape index (κ1) is 12.1. The fraction of sp³-hybridized carbons (Fsp3) is 0.692. The van der Waals surface area contributed by atoms with Gasteiger partial charge in [-0.05, 0) is 44.1 Å². The van der Waals surface area contributed by atoms with E-state index in [0.717, 1.165) is 18.5 Å². The first-order valence-corrected chi connectivity index (χ1v) is 6.14. The molecule has 1 fully saturated rings. The molecule has 17 heavy (non-hydrogen) atoms. The van der Waals surface area contributed by atoms with Crippen LogP contribution < -0.4 is 0 Å². The largest absolute Gasteiger partial charge is 0.481 e. The van der Waals surface area contributed by atoms with Crippen molar-refractivity contribution in [1.29, 1.82) is 0 Å². The Labute approximate surface area is 102 Å². The molecular weight excluding hydrogens is 216 g/mol. The number of rotatable bonds is 4. The minimum absolute atomic E-state index is 0.102. The number of nitrogens with zero attached hydrogens (tertiary/aromatic N) is 2. The summed E-state index contributed by atoms with van der Waals surface area (Å²) in [7, 11) is 1.95. The summed E-state index contributed by atoms with van der Waals surface area (Å²) < 4.78 is 1.91. The van der Waals surface area contributed by atoms with Gasteiger partial charge in [0.1, 0.15) is 0 Å². The number of carboxylic acid groups (broad SMARTS) is 1. The lowest BCUT2D eigenvalue weighted by atomic mass is 9.93. The lowest BCUT2D eigenvalue weighted by Gasteiger charge is -2.11. The second-order valence-electron chi connectivity index (χ2n) is 5.29. The highest BCUT2D eigenvalue weighted by molar-refractivity contribution is 5.73. The van der Waals surface area contributed by atoms with Gasteiger partial charge in [0, 0.05) is 12.7 Å². The minimum Gasteiger partial charge on any atom is -0.481 e. The van der Waals surface area contributed by atoms with Gasteiger partial charge in [-0.25, -0.2) is 0 Å². The van der Waals surface area contributed by atoms with Gasteiger partial charge in [0.25, 0.3) is 0 Å². The van der Waals surface area contributed by atoms with Gasteiger partial charge < -0.3 is 5.11 Å². The summed E-state index contributed by atoms with van der Waals surface area (Å²) >= 11 is 0. The van der Waals surface area contributed by atoms with Crippen molar-refractivity contribution in [3.8, 4) is 0 Å². The third-order valence-electron chi connectivity index (χ3n) is 3.95. The standard InChI is InChI=1S/C13H20N2O2/c1-7(5-10-6-11(10)13(16)17)12-8(2)14-15(4)9(12)3/h7,10-11H,5-6H2,1-4H3,(H,16,17). The SMILES string of the molecule is Cc1nn(C)c(C)c1C(C)CC1CC1C(=O)O. The first-order valence-electron chi connectivity index (χ1n) is 6.14. The predicted octanol–water partition coefficient (Wildman–Crippen LogP) is 2.25. The van der Waals surface area contributed by atoms with Crippen molar-refractivity contribution in [2.24, 2.45) is 18.9 Å². The summed E-state index contributed by atoms with van der Waals surface area (Å²) in [6.07, 6.45) is 1.81. The Bertz CT molecular complexity index is 451. The summed E-state index contributed by atoms with van der Waals surface area (Å²) in [6, 6.07) is 0. The summed E-state index contributed by atoms with van der Waals surface area (Å²) in [5, 5.41) is 13.3. The molecule has 1 N–H and O–H groups in total. The number of carboxylic acids is 1. The highest BCUT2D eigenvalue weighted by Crippen LogP contribution is 2.45. The Balaban J connectivity index is 2.06. The third kappa shape index (κ3) is 2.21. The molecule has 0 saturated heterocycles. The molecule has 0 radical (unpaired) electrons. The van der Waals surface area contributed by atoms with Crippen molar-refractivity contribution in [3.63, 3.8) is 0 Å². The molecule has 1 aliphatic rings. The maximum absolute atomic E-state index is 10.8. The van der Waals surface area contributed by atoms with Crippen LogP contribution in [-0.4, -0.2) is 20.9 Å². The van der Waals surface area contributed by atoms with Crippen molar-refractivity contribution in [2.45, 2.75) is 39.5 Å². The minimum atomic E-state index is -0.637. The number of carbonyl (C=O) groups is 1. The Kier molecular flexibility index (Phi) is 2.98. The first-order chi connectivity index (χ1) is 7.91. The normalized spacial score (nSPS) is 24.7. The van der Waals surface area contributed by atoms with Crippen LogP contribution in [0.4, 0.5) is 0 Å². The number of hydrogen-bond acceptors (Lipinski definition) is 2. The van der Waals surface area contributed by atoms with Crippen LogP contribution in [-0.2, 0) is 11.8 Å². The Morgan fingerprint density at radius 2 is 2.24 bits per heavy atom. The molecule has 94 valence electrons. The molecule has 0 bridgehead atoms. The van der Waals surface area contributed by atoms with Gasteiger partial charge in [-0.3, -0.25) is 9.48 Å². The zero-order valence-electron chi connectivity index (χ0n) is 10.9. The summed E-state index contributed by atoms with van der Waals surface area (Å²) in [4.78, 5) is 10.8. The average molecular weight is 236 g/mol. The molecule has 3 atom stereocenters. The fourth-order valence-corrected chi connectivity index (χ4v) is 2.89. The zero-order chi connectivity index (χ0) is 12.7. The van der Waals surface area contributed by atoms with Crippen LogP contribution in [0.25, 0.3) is 0 Å². The summed E-state index contributed by atoms with van der Waals surface area (Å²) in [5.74, 6) is 0.0242. The van der Waals surface area contributed by atoms with Crippen LogP contribution >= 0.6 is 0 Å². The lowest BCUT2D eigenvalue weighted by Crippen LogP contribution is -2.04. The summed E-state index contributed by atoms with van der Waals surface area (Å²) in [5.41, 5.74) is 3.57. The highest BCUT2D eigenvalue weighted by Gasteiger charge is 2.43. The van der Waals surface area contributed by atoms with Gasteiger partial charge in [-0.1, -0.05) is 6.92 Å². The zero-order valence-corrected chi connectivity index (χ0v) is 10.9. The Hall–Kier alpha value is -1.32. The molecule has 0 spiro atoms. The topological polar surface area (TPSA) is 55.1 Å². The van der Waals surface area contributed by atoms with E-state index in [1.165, 1.54) is 11.3 Å². The van der Waals surface area contributed by atoms with Gasteiger partial charge in [0.2, 0.25) is 0 Å². The number of aromatic nitrogens is 2. The Morgan fingerprint density at radius 1 is 1.59 bits per heavy atom. The number of hydrogen-bond donors (Lipinski definition) is 1. The fourth-order valence-electron chi connectivity index (χ4n) is 2.89. The molecule has 1 heterocycles. The van der Waals surface area contributed by atoms with E-state index < -0.39 is 5.97 Å². The third-order valence-corrected chi connectivity index (χ3v) is 3.95. The quantitative estimate of drug-likeness (QED) is 0.872. The second-order valence-corrected chi connectivity index (χ2v) is 5.29. The monoisotopic (exact) mass is 236 g/mol. The highest BCUT2D eigenvalue weighted by atomic mass is 16.4. The van der Waals surface area contributed by atoms with Crippen LogP contribution in [0.1, 0.15) is 42.6 Å². The molecule has 1 saturated carbocycles. The van der Waals surface area contributed by atoms with Crippen molar-refractivity contribution in [2.75, 3.05) is 0 Å². The molecule has 0 aromatic carbocycles. The molecule has 1 aliphatic carbocycles. The van der Waals surface area contributed by atoms with E-state index in [4.69, 9.17) is 5.11 Å². The molecule has 1 aromatic rings. The van der Waals surface area contributed by atoms with E-state index >= 15 is 0 Å². The molecule has 0 amide bonds.